The van der Waals surface area contributed by atoms with Gasteiger partial charge in [-0.05, 0) is 74.3 Å². The summed E-state index contributed by atoms with van der Waals surface area (Å²) in [6.07, 6.45) is 4.30. The molecule has 0 unspecified atom stereocenters. The van der Waals surface area contributed by atoms with Gasteiger partial charge < -0.3 is 19.6 Å². The quantitative estimate of drug-likeness (QED) is 0.309. The van der Waals surface area contributed by atoms with E-state index in [9.17, 15) is 13.2 Å². The van der Waals surface area contributed by atoms with Gasteiger partial charge >= 0.3 is 5.97 Å². The van der Waals surface area contributed by atoms with Crippen molar-refractivity contribution in [2.45, 2.75) is 9.79 Å². The van der Waals surface area contributed by atoms with Crippen LogP contribution in [0.2, 0.25) is 0 Å². The van der Waals surface area contributed by atoms with E-state index in [1.807, 2.05) is 0 Å². The van der Waals surface area contributed by atoms with Gasteiger partial charge in [0.15, 0.2) is 12.4 Å². The minimum Gasteiger partial charge on any atom is -0.482 e. The predicted molar refractivity (Wildman–Crippen MR) is 123 cm³/mol. The summed E-state index contributed by atoms with van der Waals surface area (Å²) in [6, 6.07) is 11.1. The molecule has 2 aromatic carbocycles. The summed E-state index contributed by atoms with van der Waals surface area (Å²) in [5.74, 6) is 0.0743. The monoisotopic (exact) mass is 580 g/mol. The number of pyridine rings is 1. The second-order valence-electron chi connectivity index (χ2n) is 6.55. The van der Waals surface area contributed by atoms with Gasteiger partial charge in [-0.3, -0.25) is 4.98 Å². The van der Waals surface area contributed by atoms with Crippen LogP contribution in [0.25, 0.3) is 10.9 Å². The van der Waals surface area contributed by atoms with E-state index in [1.165, 1.54) is 30.7 Å². The highest BCUT2D eigenvalue weighted by Gasteiger charge is 2.22. The molecule has 32 heavy (non-hydrogen) atoms. The summed E-state index contributed by atoms with van der Waals surface area (Å²) in [5.41, 5.74) is 0.639. The lowest BCUT2D eigenvalue weighted by atomic mass is 10.2. The number of hydrogen-bond acceptors (Lipinski definition) is 6. The molecular formula is C21H14Br2N2O6S. The number of carbonyl (C=O) groups is 1. The number of fused-ring (bicyclic) bond motifs is 1. The summed E-state index contributed by atoms with van der Waals surface area (Å²) < 4.78 is 38.4. The third-order valence-electron chi connectivity index (χ3n) is 4.42. The summed E-state index contributed by atoms with van der Waals surface area (Å²) in [6.45, 7) is -0.474. The fourth-order valence-corrected chi connectivity index (χ4v) is 5.70. The number of aromatic nitrogens is 2. The molecule has 164 valence electrons. The number of H-pyrrole nitrogens is 1. The van der Waals surface area contributed by atoms with Crippen LogP contribution in [0.5, 0.6) is 17.2 Å². The predicted octanol–water partition coefficient (Wildman–Crippen LogP) is 5.18. The maximum absolute atomic E-state index is 13.1. The Morgan fingerprint density at radius 3 is 2.38 bits per heavy atom. The molecule has 2 heterocycles. The van der Waals surface area contributed by atoms with Crippen molar-refractivity contribution in [2.24, 2.45) is 0 Å². The molecule has 0 aliphatic rings. The van der Waals surface area contributed by atoms with Gasteiger partial charge in [-0.1, -0.05) is 0 Å². The van der Waals surface area contributed by atoms with Crippen LogP contribution in [0.3, 0.4) is 0 Å². The molecule has 0 spiro atoms. The summed E-state index contributed by atoms with van der Waals surface area (Å²) >= 11 is 6.78. The highest BCUT2D eigenvalue weighted by atomic mass is 79.9. The second-order valence-corrected chi connectivity index (χ2v) is 10.2. The van der Waals surface area contributed by atoms with Crippen molar-refractivity contribution in [1.29, 1.82) is 0 Å². The highest BCUT2D eigenvalue weighted by Crippen LogP contribution is 2.41. The molecule has 2 aromatic heterocycles. The molecule has 0 saturated heterocycles. The first kappa shape index (κ1) is 22.3. The Labute approximate surface area is 199 Å². The number of sulfone groups is 1. The van der Waals surface area contributed by atoms with Gasteiger partial charge in [0.2, 0.25) is 9.84 Å². The molecule has 0 atom stereocenters. The first-order valence-corrected chi connectivity index (χ1v) is 12.1. The lowest BCUT2D eigenvalue weighted by Crippen LogP contribution is -2.09. The standard InChI is InChI=1S/C21H14Br2N2O6S/c22-16-8-13(30-11-20(26)27)9-17(23)21(16)31-12-1-2-18-15(7-12)19(10-25-18)32(28,29)14-3-5-24-6-4-14/h1-10,25H,11H2,(H,26,27). The molecule has 2 N–H and O–H groups in total. The summed E-state index contributed by atoms with van der Waals surface area (Å²) in [4.78, 5) is 17.8. The number of rotatable bonds is 7. The molecule has 8 nitrogen and oxygen atoms in total. The van der Waals surface area contributed by atoms with E-state index in [-0.39, 0.29) is 9.79 Å². The van der Waals surface area contributed by atoms with Gasteiger partial charge in [0.25, 0.3) is 0 Å². The number of aliphatic carboxylic acids is 1. The molecule has 11 heteroatoms. The summed E-state index contributed by atoms with van der Waals surface area (Å²) in [7, 11) is -3.76. The van der Waals surface area contributed by atoms with Crippen LogP contribution in [-0.2, 0) is 14.6 Å². The SMILES string of the molecule is O=C(O)COc1cc(Br)c(Oc2ccc3[nH]cc(S(=O)(=O)c4ccncc4)c3c2)c(Br)c1. The lowest BCUT2D eigenvalue weighted by Gasteiger charge is -2.12. The van der Waals surface area contributed by atoms with Crippen molar-refractivity contribution >= 4 is 58.6 Å². The molecule has 0 amide bonds. The van der Waals surface area contributed by atoms with Gasteiger partial charge in [-0.15, -0.1) is 0 Å². The van der Waals surface area contributed by atoms with Crippen LogP contribution in [0.4, 0.5) is 0 Å². The van der Waals surface area contributed by atoms with Crippen LogP contribution >= 0.6 is 31.9 Å². The van der Waals surface area contributed by atoms with E-state index in [4.69, 9.17) is 14.6 Å². The Balaban J connectivity index is 1.69. The maximum Gasteiger partial charge on any atom is 0.341 e. The first-order valence-electron chi connectivity index (χ1n) is 9.03. The number of hydrogen-bond donors (Lipinski definition) is 2. The molecule has 0 radical (unpaired) electrons. The van der Waals surface area contributed by atoms with E-state index < -0.39 is 22.4 Å². The fraction of sp³-hybridized carbons (Fsp3) is 0.0476. The van der Waals surface area contributed by atoms with Crippen LogP contribution in [-0.4, -0.2) is 36.1 Å². The van der Waals surface area contributed by atoms with Crippen molar-refractivity contribution in [3.63, 3.8) is 0 Å². The first-order chi connectivity index (χ1) is 15.3. The molecule has 0 bridgehead atoms. The van der Waals surface area contributed by atoms with Crippen molar-refractivity contribution in [3.8, 4) is 17.2 Å². The van der Waals surface area contributed by atoms with Gasteiger partial charge in [-0.25, -0.2) is 13.2 Å². The molecule has 4 rings (SSSR count). The zero-order chi connectivity index (χ0) is 22.9. The van der Waals surface area contributed by atoms with Crippen molar-refractivity contribution < 1.29 is 27.8 Å². The van der Waals surface area contributed by atoms with Crippen LogP contribution in [0, 0.1) is 0 Å². The number of ether oxygens (including phenoxy) is 2. The lowest BCUT2D eigenvalue weighted by molar-refractivity contribution is -0.139. The van der Waals surface area contributed by atoms with E-state index >= 15 is 0 Å². The largest absolute Gasteiger partial charge is 0.482 e. The fourth-order valence-electron chi connectivity index (χ4n) is 2.98. The second kappa shape index (κ2) is 8.93. The van der Waals surface area contributed by atoms with Gasteiger partial charge in [0.1, 0.15) is 11.5 Å². The number of nitrogens with one attached hydrogen (secondary N) is 1. The van der Waals surface area contributed by atoms with E-state index in [1.54, 1.807) is 30.3 Å². The Hall–Kier alpha value is -2.89. The molecule has 4 aromatic rings. The number of carboxylic acid groups (broad SMARTS) is 1. The van der Waals surface area contributed by atoms with E-state index in [0.717, 1.165) is 0 Å². The number of benzene rings is 2. The van der Waals surface area contributed by atoms with Gasteiger partial charge in [-0.2, -0.15) is 0 Å². The molecule has 0 aliphatic carbocycles. The van der Waals surface area contributed by atoms with E-state index in [2.05, 4.69) is 41.8 Å². The topological polar surface area (TPSA) is 119 Å². The highest BCUT2D eigenvalue weighted by molar-refractivity contribution is 9.11. The minimum absolute atomic E-state index is 0.125. The molecule has 0 aliphatic heterocycles. The smallest absolute Gasteiger partial charge is 0.341 e. The number of carboxylic acids is 1. The van der Waals surface area contributed by atoms with E-state index in [0.29, 0.717) is 37.1 Å². The van der Waals surface area contributed by atoms with Crippen LogP contribution in [0.1, 0.15) is 0 Å². The van der Waals surface area contributed by atoms with Crippen molar-refractivity contribution in [1.82, 2.24) is 9.97 Å². The van der Waals surface area contributed by atoms with Crippen LogP contribution < -0.4 is 9.47 Å². The number of halogens is 2. The maximum atomic E-state index is 13.1. The van der Waals surface area contributed by atoms with Gasteiger partial charge in [0, 0.05) is 29.5 Å². The third kappa shape index (κ3) is 4.50. The molecular weight excluding hydrogens is 568 g/mol. The zero-order valence-corrected chi connectivity index (χ0v) is 20.1. The Morgan fingerprint density at radius 1 is 1.03 bits per heavy atom. The Kier molecular flexibility index (Phi) is 6.22. The van der Waals surface area contributed by atoms with Crippen LogP contribution in [0.15, 0.2) is 79.8 Å². The Morgan fingerprint density at radius 2 is 1.72 bits per heavy atom. The summed E-state index contributed by atoms with van der Waals surface area (Å²) in [5, 5.41) is 9.24. The number of aromatic amines is 1. The van der Waals surface area contributed by atoms with Crippen molar-refractivity contribution in [3.05, 3.63) is 70.0 Å². The normalized spacial score (nSPS) is 11.4. The number of nitrogens with zero attached hydrogens (tertiary/aromatic N) is 1. The average Bonchev–Trinajstić information content (AvgIpc) is 3.19. The Bertz CT molecular complexity index is 1400. The molecule has 0 saturated carbocycles. The third-order valence-corrected chi connectivity index (χ3v) is 7.41. The van der Waals surface area contributed by atoms with Gasteiger partial charge in [0.05, 0.1) is 18.7 Å². The average molecular weight is 582 g/mol. The zero-order valence-electron chi connectivity index (χ0n) is 16.1. The molecule has 0 fully saturated rings. The minimum atomic E-state index is -3.76. The van der Waals surface area contributed by atoms with Crippen molar-refractivity contribution in [2.75, 3.05) is 6.61 Å².